The molecule has 1 aliphatic carbocycles. The number of carbonyl (C=O) groups excluding carboxylic acids is 3. The van der Waals surface area contributed by atoms with Gasteiger partial charge in [-0.05, 0) is 22.9 Å². The molecule has 3 aromatic rings. The van der Waals surface area contributed by atoms with Crippen molar-refractivity contribution < 1.29 is 19.1 Å². The molecule has 0 saturated carbocycles. The molecule has 0 N–H and O–H groups in total. The number of benzene rings is 2. The van der Waals surface area contributed by atoms with Crippen molar-refractivity contribution >= 4 is 17.5 Å². The minimum absolute atomic E-state index is 0.0583. The number of hydrogen-bond donors (Lipinski definition) is 0. The third-order valence-corrected chi connectivity index (χ3v) is 4.83. The van der Waals surface area contributed by atoms with Crippen LogP contribution in [0.1, 0.15) is 67.8 Å². The average Bonchev–Trinajstić information content (AvgIpc) is 3.21. The molecule has 0 fully saturated rings. The van der Waals surface area contributed by atoms with Crippen LogP contribution in [0.4, 0.5) is 0 Å². The first-order chi connectivity index (χ1) is 14.1. The zero-order chi connectivity index (χ0) is 20.4. The molecule has 0 atom stereocenters. The van der Waals surface area contributed by atoms with Crippen molar-refractivity contribution in [1.82, 2.24) is 20.2 Å². The minimum Gasteiger partial charge on any atom is -0.454 e. The Kier molecular flexibility index (Phi) is 4.99. The molecular formula is C21H18N4O4. The van der Waals surface area contributed by atoms with Gasteiger partial charge in [0.1, 0.15) is 0 Å². The van der Waals surface area contributed by atoms with E-state index in [0.29, 0.717) is 17.9 Å². The number of rotatable bonds is 6. The number of unbranched alkanes of at least 4 members (excludes halogenated alkanes) is 1. The molecule has 1 aromatic heterocycles. The molecule has 146 valence electrons. The van der Waals surface area contributed by atoms with E-state index in [2.05, 4.69) is 22.4 Å². The summed E-state index contributed by atoms with van der Waals surface area (Å²) in [6.45, 7) is 2.55. The van der Waals surface area contributed by atoms with E-state index in [4.69, 9.17) is 4.74 Å². The zero-order valence-electron chi connectivity index (χ0n) is 15.8. The summed E-state index contributed by atoms with van der Waals surface area (Å²) in [5.41, 5.74) is 0.963. The van der Waals surface area contributed by atoms with Crippen LogP contribution in [0.25, 0.3) is 0 Å². The second-order valence-corrected chi connectivity index (χ2v) is 6.68. The molecule has 0 amide bonds. The van der Waals surface area contributed by atoms with E-state index in [-0.39, 0.29) is 40.4 Å². The lowest BCUT2D eigenvalue weighted by Gasteiger charge is -2.19. The van der Waals surface area contributed by atoms with Crippen LogP contribution in [0.3, 0.4) is 0 Å². The Morgan fingerprint density at radius 3 is 2.48 bits per heavy atom. The fourth-order valence-corrected chi connectivity index (χ4v) is 3.33. The van der Waals surface area contributed by atoms with E-state index in [9.17, 15) is 14.4 Å². The van der Waals surface area contributed by atoms with Crippen molar-refractivity contribution in [3.8, 4) is 0 Å². The van der Waals surface area contributed by atoms with Crippen LogP contribution in [0, 0.1) is 0 Å². The third-order valence-electron chi connectivity index (χ3n) is 4.83. The van der Waals surface area contributed by atoms with Gasteiger partial charge in [0.2, 0.25) is 0 Å². The smallest absolute Gasteiger partial charge is 0.339 e. The number of ether oxygens (including phenoxy) is 1. The van der Waals surface area contributed by atoms with E-state index in [1.165, 1.54) is 6.07 Å². The number of nitrogens with zero attached hydrogens (tertiary/aromatic N) is 4. The summed E-state index contributed by atoms with van der Waals surface area (Å²) >= 11 is 0. The maximum atomic E-state index is 13.0. The standard InChI is InChI=1S/C21H18N4O4/c1-2-3-11-25-17(22-23-24-25)12-29-21(28)16-10-6-9-15-18(16)20(27)14-8-5-4-7-13(14)19(15)26/h4-10H,2-3,11-12H2,1H3. The van der Waals surface area contributed by atoms with Gasteiger partial charge >= 0.3 is 5.97 Å². The second kappa shape index (κ2) is 7.75. The van der Waals surface area contributed by atoms with E-state index in [1.54, 1.807) is 41.1 Å². The van der Waals surface area contributed by atoms with Gasteiger partial charge in [-0.2, -0.15) is 0 Å². The highest BCUT2D eigenvalue weighted by molar-refractivity contribution is 6.30. The van der Waals surface area contributed by atoms with Crippen LogP contribution >= 0.6 is 0 Å². The van der Waals surface area contributed by atoms with Crippen LogP contribution in [0.15, 0.2) is 42.5 Å². The Labute approximate surface area is 166 Å². The predicted molar refractivity (Wildman–Crippen MR) is 102 cm³/mol. The Balaban J connectivity index is 1.61. The van der Waals surface area contributed by atoms with Gasteiger partial charge < -0.3 is 4.74 Å². The number of carbonyl (C=O) groups is 3. The number of esters is 1. The predicted octanol–water partition coefficient (Wildman–Crippen LogP) is 2.61. The van der Waals surface area contributed by atoms with Crippen LogP contribution in [-0.4, -0.2) is 37.7 Å². The van der Waals surface area contributed by atoms with Crippen LogP contribution < -0.4 is 0 Å². The summed E-state index contributed by atoms with van der Waals surface area (Å²) in [7, 11) is 0. The van der Waals surface area contributed by atoms with E-state index in [0.717, 1.165) is 12.8 Å². The number of hydrogen-bond acceptors (Lipinski definition) is 7. The topological polar surface area (TPSA) is 104 Å². The molecule has 0 saturated heterocycles. The quantitative estimate of drug-likeness (QED) is 0.466. The van der Waals surface area contributed by atoms with Gasteiger partial charge in [-0.25, -0.2) is 9.48 Å². The minimum atomic E-state index is -0.701. The van der Waals surface area contributed by atoms with Crippen molar-refractivity contribution in [3.63, 3.8) is 0 Å². The molecule has 0 radical (unpaired) electrons. The van der Waals surface area contributed by atoms with Gasteiger partial charge in [0.25, 0.3) is 0 Å². The summed E-state index contributed by atoms with van der Waals surface area (Å²) in [5.74, 6) is -0.930. The number of ketones is 2. The molecule has 8 heteroatoms. The van der Waals surface area contributed by atoms with Crippen molar-refractivity contribution in [2.45, 2.75) is 32.9 Å². The Morgan fingerprint density at radius 2 is 1.72 bits per heavy atom. The monoisotopic (exact) mass is 390 g/mol. The van der Waals surface area contributed by atoms with E-state index < -0.39 is 5.97 Å². The third kappa shape index (κ3) is 3.33. The van der Waals surface area contributed by atoms with Crippen molar-refractivity contribution in [2.75, 3.05) is 0 Å². The molecule has 29 heavy (non-hydrogen) atoms. The Bertz CT molecular complexity index is 1120. The van der Waals surface area contributed by atoms with Crippen molar-refractivity contribution in [1.29, 1.82) is 0 Å². The molecule has 0 bridgehead atoms. The van der Waals surface area contributed by atoms with E-state index >= 15 is 0 Å². The lowest BCUT2D eigenvalue weighted by atomic mass is 9.82. The van der Waals surface area contributed by atoms with Crippen LogP contribution in [0.2, 0.25) is 0 Å². The molecule has 1 aliphatic rings. The molecule has 4 rings (SSSR count). The number of aryl methyl sites for hydroxylation is 1. The van der Waals surface area contributed by atoms with Gasteiger partial charge in [-0.1, -0.05) is 49.7 Å². The molecule has 0 unspecified atom stereocenters. The summed E-state index contributed by atoms with van der Waals surface area (Å²) in [6.07, 6.45) is 1.88. The van der Waals surface area contributed by atoms with Gasteiger partial charge in [-0.15, -0.1) is 5.10 Å². The first-order valence-corrected chi connectivity index (χ1v) is 9.35. The van der Waals surface area contributed by atoms with Crippen LogP contribution in [0.5, 0.6) is 0 Å². The molecule has 2 aromatic carbocycles. The highest BCUT2D eigenvalue weighted by Gasteiger charge is 2.33. The lowest BCUT2D eigenvalue weighted by molar-refractivity contribution is 0.0453. The summed E-state index contributed by atoms with van der Waals surface area (Å²) in [6, 6.07) is 11.2. The molecule has 8 nitrogen and oxygen atoms in total. The number of tetrazole rings is 1. The SMILES string of the molecule is CCCCn1nnnc1COC(=O)c1cccc2c1C(=O)c1ccccc1C2=O. The van der Waals surface area contributed by atoms with Gasteiger partial charge in [0.15, 0.2) is 24.0 Å². The normalized spacial score (nSPS) is 12.4. The Hall–Kier alpha value is -3.68. The first kappa shape index (κ1) is 18.7. The highest BCUT2D eigenvalue weighted by Crippen LogP contribution is 2.29. The summed E-state index contributed by atoms with van der Waals surface area (Å²) in [5, 5.41) is 11.4. The average molecular weight is 390 g/mol. The number of aromatic nitrogens is 4. The first-order valence-electron chi connectivity index (χ1n) is 9.35. The largest absolute Gasteiger partial charge is 0.454 e. The second-order valence-electron chi connectivity index (χ2n) is 6.68. The van der Waals surface area contributed by atoms with Crippen molar-refractivity contribution in [2.24, 2.45) is 0 Å². The maximum Gasteiger partial charge on any atom is 0.339 e. The van der Waals surface area contributed by atoms with Crippen LogP contribution in [-0.2, 0) is 17.9 Å². The summed E-state index contributed by atoms with van der Waals surface area (Å²) in [4.78, 5) is 38.5. The fourth-order valence-electron chi connectivity index (χ4n) is 3.33. The van der Waals surface area contributed by atoms with Gasteiger partial charge in [0, 0.05) is 28.8 Å². The van der Waals surface area contributed by atoms with Gasteiger partial charge in [-0.3, -0.25) is 9.59 Å². The fraction of sp³-hybridized carbons (Fsp3) is 0.238. The van der Waals surface area contributed by atoms with E-state index in [1.807, 2.05) is 0 Å². The molecule has 0 spiro atoms. The molecule has 0 aliphatic heterocycles. The molecule has 1 heterocycles. The molecular weight excluding hydrogens is 372 g/mol. The zero-order valence-corrected chi connectivity index (χ0v) is 15.8. The summed E-state index contributed by atoms with van der Waals surface area (Å²) < 4.78 is 6.95. The van der Waals surface area contributed by atoms with Crippen molar-refractivity contribution in [3.05, 3.63) is 76.1 Å². The highest BCUT2D eigenvalue weighted by atomic mass is 16.5. The lowest BCUT2D eigenvalue weighted by Crippen LogP contribution is -2.24. The number of fused-ring (bicyclic) bond motifs is 2. The Morgan fingerprint density at radius 1 is 1.00 bits per heavy atom. The maximum absolute atomic E-state index is 13.0. The van der Waals surface area contributed by atoms with Gasteiger partial charge in [0.05, 0.1) is 5.56 Å².